The van der Waals surface area contributed by atoms with Crippen LogP contribution in [0.25, 0.3) is 0 Å². The zero-order valence-corrected chi connectivity index (χ0v) is 11.1. The maximum atomic E-state index is 12.6. The Morgan fingerprint density at radius 2 is 2.00 bits per heavy atom. The number of aryl methyl sites for hydroxylation is 1. The van der Waals surface area contributed by atoms with E-state index in [9.17, 15) is 18.0 Å². The molecule has 0 aliphatic rings. The fourth-order valence-corrected chi connectivity index (χ4v) is 1.64. The zero-order chi connectivity index (χ0) is 15.5. The molecule has 4 nitrogen and oxygen atoms in total. The Hall–Kier alpha value is -2.44. The van der Waals surface area contributed by atoms with Crippen LogP contribution in [0.2, 0.25) is 0 Å². The van der Waals surface area contributed by atoms with Crippen LogP contribution < -0.4 is 5.32 Å². The van der Waals surface area contributed by atoms with E-state index < -0.39 is 17.6 Å². The van der Waals surface area contributed by atoms with Crippen molar-refractivity contribution in [2.24, 2.45) is 0 Å². The fraction of sp³-hybridized carbons (Fsp3) is 0.214. The Bertz CT molecular complexity index is 639. The molecule has 0 atom stereocenters. The van der Waals surface area contributed by atoms with Gasteiger partial charge < -0.3 is 5.32 Å². The van der Waals surface area contributed by atoms with Crippen molar-refractivity contribution < 1.29 is 18.0 Å². The van der Waals surface area contributed by atoms with Crippen LogP contribution in [-0.4, -0.2) is 15.9 Å². The van der Waals surface area contributed by atoms with E-state index in [1.165, 1.54) is 24.5 Å². The second kappa shape index (κ2) is 5.90. The number of nitrogens with zero attached hydrogens (tertiary/aromatic N) is 2. The first kappa shape index (κ1) is 15.0. The van der Waals surface area contributed by atoms with E-state index >= 15 is 0 Å². The number of carbonyl (C=O) groups excluding carboxylic acids is 1. The molecule has 0 fully saturated rings. The number of benzene rings is 1. The summed E-state index contributed by atoms with van der Waals surface area (Å²) in [5, 5.41) is 2.50. The van der Waals surface area contributed by atoms with Gasteiger partial charge in [0.1, 0.15) is 5.69 Å². The Morgan fingerprint density at radius 3 is 2.62 bits per heavy atom. The summed E-state index contributed by atoms with van der Waals surface area (Å²) in [6.45, 7) is 1.72. The molecule has 1 N–H and O–H groups in total. The van der Waals surface area contributed by atoms with Crippen molar-refractivity contribution in [3.63, 3.8) is 0 Å². The number of hydrogen-bond acceptors (Lipinski definition) is 3. The summed E-state index contributed by atoms with van der Waals surface area (Å²) in [6.07, 6.45) is -1.64. The van der Waals surface area contributed by atoms with Crippen LogP contribution in [-0.2, 0) is 12.7 Å². The highest BCUT2D eigenvalue weighted by molar-refractivity contribution is 5.91. The van der Waals surface area contributed by atoms with Gasteiger partial charge in [-0.25, -0.2) is 4.98 Å². The summed E-state index contributed by atoms with van der Waals surface area (Å²) in [5.74, 6) is -0.486. The molecule has 0 saturated heterocycles. The first-order valence-electron chi connectivity index (χ1n) is 6.09. The van der Waals surface area contributed by atoms with Gasteiger partial charge in [0.25, 0.3) is 5.91 Å². The van der Waals surface area contributed by atoms with Gasteiger partial charge in [-0.1, -0.05) is 12.1 Å². The largest absolute Gasteiger partial charge is 0.416 e. The Labute approximate surface area is 119 Å². The van der Waals surface area contributed by atoms with E-state index in [0.717, 1.165) is 12.1 Å². The number of aromatic nitrogens is 2. The molecule has 0 bridgehead atoms. The predicted octanol–water partition coefficient (Wildman–Crippen LogP) is 2.73. The highest BCUT2D eigenvalue weighted by atomic mass is 19.4. The van der Waals surface area contributed by atoms with E-state index in [4.69, 9.17) is 0 Å². The van der Waals surface area contributed by atoms with Crippen LogP contribution >= 0.6 is 0 Å². The molecule has 0 saturated carbocycles. The SMILES string of the molecule is Cc1cnc(C(=O)NCc2cccc(C(F)(F)F)c2)cn1. The van der Waals surface area contributed by atoms with Gasteiger partial charge in [0, 0.05) is 12.7 Å². The van der Waals surface area contributed by atoms with E-state index in [1.807, 2.05) is 0 Å². The van der Waals surface area contributed by atoms with Crippen molar-refractivity contribution in [1.29, 1.82) is 0 Å². The number of alkyl halides is 3. The third-order valence-corrected chi connectivity index (χ3v) is 2.72. The number of hydrogen-bond donors (Lipinski definition) is 1. The van der Waals surface area contributed by atoms with Crippen LogP contribution in [0.1, 0.15) is 27.3 Å². The van der Waals surface area contributed by atoms with Crippen molar-refractivity contribution >= 4 is 5.91 Å². The molecule has 1 aromatic heterocycles. The van der Waals surface area contributed by atoms with Crippen molar-refractivity contribution in [3.8, 4) is 0 Å². The monoisotopic (exact) mass is 295 g/mol. The lowest BCUT2D eigenvalue weighted by Crippen LogP contribution is -2.24. The van der Waals surface area contributed by atoms with Gasteiger partial charge in [0.05, 0.1) is 17.5 Å². The molecule has 0 aliphatic heterocycles. The smallest absolute Gasteiger partial charge is 0.347 e. The average molecular weight is 295 g/mol. The molecular weight excluding hydrogens is 283 g/mol. The topological polar surface area (TPSA) is 54.9 Å². The maximum absolute atomic E-state index is 12.6. The fourth-order valence-electron chi connectivity index (χ4n) is 1.64. The summed E-state index contributed by atoms with van der Waals surface area (Å²) in [4.78, 5) is 19.6. The minimum Gasteiger partial charge on any atom is -0.347 e. The van der Waals surface area contributed by atoms with Gasteiger partial charge >= 0.3 is 6.18 Å². The Kier molecular flexibility index (Phi) is 4.21. The summed E-state index contributed by atoms with van der Waals surface area (Å²) in [5.41, 5.74) is 0.402. The van der Waals surface area contributed by atoms with Gasteiger partial charge in [0.15, 0.2) is 0 Å². The van der Waals surface area contributed by atoms with Gasteiger partial charge in [-0.15, -0.1) is 0 Å². The number of nitrogens with one attached hydrogen (secondary N) is 1. The third kappa shape index (κ3) is 4.01. The molecular formula is C14H12F3N3O. The number of carbonyl (C=O) groups is 1. The summed E-state index contributed by atoms with van der Waals surface area (Å²) in [7, 11) is 0. The van der Waals surface area contributed by atoms with Gasteiger partial charge in [-0.2, -0.15) is 13.2 Å². The highest BCUT2D eigenvalue weighted by Gasteiger charge is 2.30. The van der Waals surface area contributed by atoms with E-state index in [-0.39, 0.29) is 12.2 Å². The molecule has 0 radical (unpaired) electrons. The molecule has 21 heavy (non-hydrogen) atoms. The van der Waals surface area contributed by atoms with Gasteiger partial charge in [-0.3, -0.25) is 9.78 Å². The van der Waals surface area contributed by atoms with Crippen molar-refractivity contribution in [1.82, 2.24) is 15.3 Å². The maximum Gasteiger partial charge on any atom is 0.416 e. The molecule has 1 heterocycles. The van der Waals surface area contributed by atoms with E-state index in [2.05, 4.69) is 15.3 Å². The van der Waals surface area contributed by atoms with Crippen LogP contribution in [0, 0.1) is 6.92 Å². The lowest BCUT2D eigenvalue weighted by Gasteiger charge is -2.09. The second-order valence-electron chi connectivity index (χ2n) is 4.42. The summed E-state index contributed by atoms with van der Waals surface area (Å²) >= 11 is 0. The lowest BCUT2D eigenvalue weighted by atomic mass is 10.1. The molecule has 0 unspecified atom stereocenters. The molecule has 1 aromatic carbocycles. The van der Waals surface area contributed by atoms with Gasteiger partial charge in [0.2, 0.25) is 0 Å². The normalized spacial score (nSPS) is 11.2. The third-order valence-electron chi connectivity index (χ3n) is 2.72. The standard InChI is InChI=1S/C14H12F3N3O/c1-9-6-19-12(8-18-9)13(21)20-7-10-3-2-4-11(5-10)14(15,16)17/h2-6,8H,7H2,1H3,(H,20,21). The molecule has 110 valence electrons. The highest BCUT2D eigenvalue weighted by Crippen LogP contribution is 2.29. The first-order valence-corrected chi connectivity index (χ1v) is 6.09. The van der Waals surface area contributed by atoms with Crippen molar-refractivity contribution in [2.75, 3.05) is 0 Å². The zero-order valence-electron chi connectivity index (χ0n) is 11.1. The Balaban J connectivity index is 2.03. The Morgan fingerprint density at radius 1 is 1.24 bits per heavy atom. The van der Waals surface area contributed by atoms with Crippen LogP contribution in [0.4, 0.5) is 13.2 Å². The van der Waals surface area contributed by atoms with Crippen LogP contribution in [0.3, 0.4) is 0 Å². The molecule has 0 aliphatic carbocycles. The summed E-state index contributed by atoms with van der Waals surface area (Å²) in [6, 6.07) is 4.80. The molecule has 0 spiro atoms. The second-order valence-corrected chi connectivity index (χ2v) is 4.42. The van der Waals surface area contributed by atoms with E-state index in [0.29, 0.717) is 11.3 Å². The molecule has 2 rings (SSSR count). The number of rotatable bonds is 3. The first-order chi connectivity index (χ1) is 9.86. The molecule has 1 amide bonds. The molecule has 7 heteroatoms. The van der Waals surface area contributed by atoms with Crippen LogP contribution in [0.5, 0.6) is 0 Å². The predicted molar refractivity (Wildman–Crippen MR) is 69.4 cm³/mol. The summed E-state index contributed by atoms with van der Waals surface area (Å²) < 4.78 is 37.7. The van der Waals surface area contributed by atoms with Crippen molar-refractivity contribution in [3.05, 3.63) is 59.2 Å². The van der Waals surface area contributed by atoms with E-state index in [1.54, 1.807) is 6.92 Å². The van der Waals surface area contributed by atoms with Gasteiger partial charge in [-0.05, 0) is 24.6 Å². The molecule has 2 aromatic rings. The lowest BCUT2D eigenvalue weighted by molar-refractivity contribution is -0.137. The number of halogens is 3. The quantitative estimate of drug-likeness (QED) is 0.947. The minimum absolute atomic E-state index is 0.0156. The average Bonchev–Trinajstić information content (AvgIpc) is 2.45. The van der Waals surface area contributed by atoms with Crippen molar-refractivity contribution in [2.45, 2.75) is 19.6 Å². The minimum atomic E-state index is -4.40. The number of amides is 1. The van der Waals surface area contributed by atoms with Crippen LogP contribution in [0.15, 0.2) is 36.7 Å².